The first kappa shape index (κ1) is 30.4. The number of likely N-dealkylation sites (N-methyl/N-ethyl adjacent to an activating group) is 1. The van der Waals surface area contributed by atoms with Gasteiger partial charge in [-0.15, -0.1) is 0 Å². The first-order valence-corrected chi connectivity index (χ1v) is 15.1. The smallest absolute Gasteiger partial charge is 0.415 e. The van der Waals surface area contributed by atoms with E-state index in [-0.39, 0.29) is 34.7 Å². The standard InChI is InChI=1S/C34H31F2N5O6/c1-40-17-23-14-22(40)18-41(23)33(44)47-30-16-26-24(15-29(30)45-2)27(9-12-37-26)46-28-8-7-21(13-25(28)36)39-32(43)34(10-11-34)31(42)38-20-5-3-19(35)4-6-20/h3-9,12-13,15-16,22-23H,10-11,14,17-18H2,1-2H3,(H,38,42)(H,39,43)/t22-,23-/m0/s1. The molecule has 11 nitrogen and oxygen atoms in total. The summed E-state index contributed by atoms with van der Waals surface area (Å²) in [6.45, 7) is 1.41. The van der Waals surface area contributed by atoms with Crippen molar-refractivity contribution in [2.45, 2.75) is 31.3 Å². The third-order valence-electron chi connectivity index (χ3n) is 9.06. The normalized spacial score (nSPS) is 19.4. The molecule has 3 amide bonds. The number of anilines is 2. The van der Waals surface area contributed by atoms with Crippen molar-refractivity contribution >= 4 is 40.2 Å². The van der Waals surface area contributed by atoms with Crippen LogP contribution in [0, 0.1) is 17.0 Å². The fourth-order valence-electron chi connectivity index (χ4n) is 6.20. The van der Waals surface area contributed by atoms with Crippen LogP contribution in [0.2, 0.25) is 0 Å². The predicted octanol–water partition coefficient (Wildman–Crippen LogP) is 5.56. The summed E-state index contributed by atoms with van der Waals surface area (Å²) in [6, 6.07) is 14.4. The van der Waals surface area contributed by atoms with Gasteiger partial charge in [0.25, 0.3) is 0 Å². The minimum absolute atomic E-state index is 0.110. The number of carbonyl (C=O) groups excluding carboxylic acids is 3. The molecule has 3 aliphatic rings. The monoisotopic (exact) mass is 643 g/mol. The Labute approximate surface area is 268 Å². The minimum Gasteiger partial charge on any atom is -0.493 e. The second kappa shape index (κ2) is 11.8. The van der Waals surface area contributed by atoms with Crippen molar-refractivity contribution < 1.29 is 37.4 Å². The summed E-state index contributed by atoms with van der Waals surface area (Å²) in [7, 11) is 3.50. The Kier molecular flexibility index (Phi) is 7.63. The molecular formula is C34H31F2N5O6. The molecule has 1 saturated carbocycles. The number of hydrogen-bond donors (Lipinski definition) is 2. The van der Waals surface area contributed by atoms with E-state index in [1.165, 1.54) is 49.7 Å². The number of pyridine rings is 1. The lowest BCUT2D eigenvalue weighted by Gasteiger charge is -2.31. The molecule has 0 spiro atoms. The van der Waals surface area contributed by atoms with Gasteiger partial charge in [-0.25, -0.2) is 13.6 Å². The van der Waals surface area contributed by atoms with E-state index in [0.717, 1.165) is 19.0 Å². The summed E-state index contributed by atoms with van der Waals surface area (Å²) in [4.78, 5) is 47.3. The third kappa shape index (κ3) is 5.78. The number of aromatic nitrogens is 1. The molecule has 2 N–H and O–H groups in total. The molecule has 2 bridgehead atoms. The third-order valence-corrected chi connectivity index (χ3v) is 9.06. The number of ether oxygens (including phenoxy) is 3. The van der Waals surface area contributed by atoms with Crippen LogP contribution in [0.4, 0.5) is 25.0 Å². The highest BCUT2D eigenvalue weighted by atomic mass is 19.1. The van der Waals surface area contributed by atoms with Crippen LogP contribution in [-0.4, -0.2) is 72.0 Å². The fraction of sp³-hybridized carbons (Fsp3) is 0.294. The van der Waals surface area contributed by atoms with Crippen LogP contribution in [0.15, 0.2) is 66.9 Å². The number of hydrogen-bond acceptors (Lipinski definition) is 8. The number of rotatable bonds is 8. The molecule has 3 aromatic carbocycles. The number of piperazine rings is 1. The number of halogens is 2. The van der Waals surface area contributed by atoms with Gasteiger partial charge in [0.15, 0.2) is 23.1 Å². The summed E-state index contributed by atoms with van der Waals surface area (Å²) in [5.41, 5.74) is -0.353. The van der Waals surface area contributed by atoms with Crippen molar-refractivity contribution in [2.75, 3.05) is 37.9 Å². The molecular weight excluding hydrogens is 612 g/mol. The van der Waals surface area contributed by atoms with Crippen LogP contribution < -0.4 is 24.8 Å². The van der Waals surface area contributed by atoms with Crippen molar-refractivity contribution in [1.82, 2.24) is 14.8 Å². The second-order valence-corrected chi connectivity index (χ2v) is 12.1. The number of nitrogens with zero attached hydrogens (tertiary/aromatic N) is 3. The minimum atomic E-state index is -1.30. The van der Waals surface area contributed by atoms with Crippen LogP contribution in [0.3, 0.4) is 0 Å². The lowest BCUT2D eigenvalue weighted by atomic mass is 10.0. The molecule has 7 rings (SSSR count). The van der Waals surface area contributed by atoms with Crippen molar-refractivity contribution in [3.05, 3.63) is 78.5 Å². The van der Waals surface area contributed by atoms with E-state index in [4.69, 9.17) is 14.2 Å². The van der Waals surface area contributed by atoms with E-state index < -0.39 is 35.0 Å². The van der Waals surface area contributed by atoms with E-state index in [0.29, 0.717) is 42.0 Å². The van der Waals surface area contributed by atoms with Gasteiger partial charge in [-0.05, 0) is 74.8 Å². The van der Waals surface area contributed by atoms with E-state index in [1.807, 2.05) is 0 Å². The van der Waals surface area contributed by atoms with E-state index in [2.05, 4.69) is 27.6 Å². The van der Waals surface area contributed by atoms with E-state index in [1.54, 1.807) is 23.1 Å². The molecule has 13 heteroatoms. The maximum Gasteiger partial charge on any atom is 0.415 e. The molecule has 2 atom stereocenters. The number of methoxy groups -OCH3 is 1. The van der Waals surface area contributed by atoms with E-state index in [9.17, 15) is 18.8 Å². The lowest BCUT2D eigenvalue weighted by molar-refractivity contribution is -0.131. The Morgan fingerprint density at radius 1 is 0.851 bits per heavy atom. The maximum atomic E-state index is 15.3. The number of fused-ring (bicyclic) bond motifs is 3. The highest BCUT2D eigenvalue weighted by Gasteiger charge is 2.56. The topological polar surface area (TPSA) is 122 Å². The Morgan fingerprint density at radius 3 is 2.21 bits per heavy atom. The lowest BCUT2D eigenvalue weighted by Crippen LogP contribution is -2.48. The van der Waals surface area contributed by atoms with Crippen LogP contribution in [0.25, 0.3) is 10.9 Å². The zero-order valence-corrected chi connectivity index (χ0v) is 25.6. The van der Waals surface area contributed by atoms with Crippen LogP contribution in [0.1, 0.15) is 19.3 Å². The van der Waals surface area contributed by atoms with E-state index >= 15 is 4.39 Å². The average molecular weight is 644 g/mol. The average Bonchev–Trinajstić information content (AvgIpc) is 3.66. The first-order chi connectivity index (χ1) is 22.6. The van der Waals surface area contributed by atoms with Gasteiger partial charge in [0.1, 0.15) is 17.0 Å². The summed E-state index contributed by atoms with van der Waals surface area (Å²) < 4.78 is 45.7. The van der Waals surface area contributed by atoms with Gasteiger partial charge >= 0.3 is 6.09 Å². The van der Waals surface area contributed by atoms with Gasteiger partial charge in [0, 0.05) is 60.3 Å². The number of nitrogens with one attached hydrogen (secondary N) is 2. The molecule has 2 aliphatic heterocycles. The molecule has 3 heterocycles. The Hall–Kier alpha value is -5.30. The van der Waals surface area contributed by atoms with Gasteiger partial charge in [0.2, 0.25) is 11.8 Å². The fourth-order valence-corrected chi connectivity index (χ4v) is 6.20. The molecule has 4 aromatic rings. The van der Waals surface area contributed by atoms with Crippen molar-refractivity contribution in [3.8, 4) is 23.0 Å². The van der Waals surface area contributed by atoms with Gasteiger partial charge < -0.3 is 29.7 Å². The molecule has 0 unspecified atom stereocenters. The quantitative estimate of drug-likeness (QED) is 0.240. The van der Waals surface area contributed by atoms with Crippen LogP contribution in [-0.2, 0) is 9.59 Å². The van der Waals surface area contributed by atoms with Gasteiger partial charge in [-0.3, -0.25) is 19.5 Å². The zero-order valence-electron chi connectivity index (χ0n) is 25.6. The number of benzene rings is 3. The molecule has 242 valence electrons. The summed E-state index contributed by atoms with van der Waals surface area (Å²) in [5.74, 6) is -1.65. The molecule has 3 fully saturated rings. The van der Waals surface area contributed by atoms with Gasteiger partial charge in [0.05, 0.1) is 12.6 Å². The highest BCUT2D eigenvalue weighted by molar-refractivity contribution is 6.16. The molecule has 1 aromatic heterocycles. The van der Waals surface area contributed by atoms with Crippen molar-refractivity contribution in [2.24, 2.45) is 5.41 Å². The summed E-state index contributed by atoms with van der Waals surface area (Å²) >= 11 is 0. The highest BCUT2D eigenvalue weighted by Crippen LogP contribution is 2.48. The SMILES string of the molecule is COc1cc2c(Oc3ccc(NC(=O)C4(C(=O)Nc5ccc(F)cc5)CC4)cc3F)ccnc2cc1OC(=O)N1C[C@@H]2C[C@H]1CN2C. The van der Waals surface area contributed by atoms with Crippen LogP contribution >= 0.6 is 0 Å². The summed E-state index contributed by atoms with van der Waals surface area (Å²) in [5, 5.41) is 5.75. The number of amides is 3. The molecule has 1 aliphatic carbocycles. The van der Waals surface area contributed by atoms with Gasteiger partial charge in [-0.1, -0.05) is 0 Å². The Bertz CT molecular complexity index is 1900. The van der Waals surface area contributed by atoms with Crippen molar-refractivity contribution in [3.63, 3.8) is 0 Å². The maximum absolute atomic E-state index is 15.3. The zero-order chi connectivity index (χ0) is 32.9. The molecule has 47 heavy (non-hydrogen) atoms. The van der Waals surface area contributed by atoms with Crippen LogP contribution in [0.5, 0.6) is 23.0 Å². The molecule has 2 saturated heterocycles. The number of likely N-dealkylation sites (tertiary alicyclic amines) is 2. The summed E-state index contributed by atoms with van der Waals surface area (Å²) in [6.07, 6.45) is 2.61. The Morgan fingerprint density at radius 2 is 1.57 bits per heavy atom. The first-order valence-electron chi connectivity index (χ1n) is 15.1. The second-order valence-electron chi connectivity index (χ2n) is 12.1. The predicted molar refractivity (Wildman–Crippen MR) is 168 cm³/mol. The Balaban J connectivity index is 1.04. The number of carbonyl (C=O) groups is 3. The van der Waals surface area contributed by atoms with Crippen molar-refractivity contribution in [1.29, 1.82) is 0 Å². The molecule has 0 radical (unpaired) electrons. The largest absolute Gasteiger partial charge is 0.493 e. The van der Waals surface area contributed by atoms with Gasteiger partial charge in [-0.2, -0.15) is 0 Å².